The number of thiazole rings is 1. The molecular formula is C41H66N6O6S. The van der Waals surface area contributed by atoms with Crippen LogP contribution in [0.15, 0.2) is 41.9 Å². The number of ether oxygens (including phenoxy) is 2. The zero-order valence-corrected chi connectivity index (χ0v) is 35.2. The summed E-state index contributed by atoms with van der Waals surface area (Å²) in [4.78, 5) is 65.4. The Kier molecular flexibility index (Phi) is 18.0. The van der Waals surface area contributed by atoms with E-state index in [9.17, 15) is 19.2 Å². The minimum Gasteiger partial charge on any atom is -0.379 e. The molecular weight excluding hydrogens is 705 g/mol. The van der Waals surface area contributed by atoms with E-state index in [1.165, 1.54) is 11.3 Å². The predicted octanol–water partition coefficient (Wildman–Crippen LogP) is 4.94. The normalized spacial score (nSPS) is 18.6. The Bertz CT molecular complexity index is 1450. The number of hydrogen-bond acceptors (Lipinski definition) is 9. The van der Waals surface area contributed by atoms with Crippen LogP contribution in [-0.4, -0.2) is 122 Å². The van der Waals surface area contributed by atoms with Gasteiger partial charge < -0.3 is 29.9 Å². The molecule has 0 bridgehead atoms. The van der Waals surface area contributed by atoms with E-state index < -0.39 is 30.2 Å². The lowest BCUT2D eigenvalue weighted by Gasteiger charge is -2.39. The maximum absolute atomic E-state index is 14.2. The first kappa shape index (κ1) is 45.0. The Morgan fingerprint density at radius 3 is 2.19 bits per heavy atom. The van der Waals surface area contributed by atoms with Crippen LogP contribution < -0.4 is 10.6 Å². The van der Waals surface area contributed by atoms with Gasteiger partial charge in [-0.05, 0) is 57.2 Å². The highest BCUT2D eigenvalue weighted by Gasteiger charge is 2.42. The molecule has 1 saturated heterocycles. The molecule has 13 heteroatoms. The van der Waals surface area contributed by atoms with E-state index in [2.05, 4.69) is 15.6 Å². The first-order valence-electron chi connectivity index (χ1n) is 19.5. The summed E-state index contributed by atoms with van der Waals surface area (Å²) < 4.78 is 12.0. The number of nitrogens with zero attached hydrogens (tertiary/aromatic N) is 4. The number of carbonyl (C=O) groups excluding carboxylic acids is 4. The molecule has 8 atom stereocenters. The zero-order valence-electron chi connectivity index (χ0n) is 34.4. The molecule has 1 aromatic carbocycles. The molecule has 1 aliphatic heterocycles. The van der Waals surface area contributed by atoms with E-state index in [0.29, 0.717) is 25.8 Å². The van der Waals surface area contributed by atoms with Gasteiger partial charge in [-0.1, -0.05) is 78.3 Å². The summed E-state index contributed by atoms with van der Waals surface area (Å²) in [7, 11) is 8.64. The van der Waals surface area contributed by atoms with Gasteiger partial charge in [0.25, 0.3) is 0 Å². The highest BCUT2D eigenvalue weighted by molar-refractivity contribution is 7.09. The predicted molar refractivity (Wildman–Crippen MR) is 214 cm³/mol. The summed E-state index contributed by atoms with van der Waals surface area (Å²) in [5.41, 5.74) is 1.09. The molecule has 1 aliphatic rings. The Morgan fingerprint density at radius 2 is 1.65 bits per heavy atom. The standard InChI is InChI=1S/C41H66N6O6S/c1-12-17-31(46(9)41(51)35(26(2)3)44-39(50)36(27(4)5)45(7)8)33(52-10)25-34(48)47-22-16-20-32(47)37(53-11)28(6)38(49)43-30(40-42-21-23-54-40)24-29-18-14-13-15-19-29/h13-15,18-19,21,23,26-28,30-33,35-37H,12,16-17,20,22,24-25H2,1-11H3,(H,43,49)(H,44,50)/t28-,30+,31+,32+,33-,35+,36+,37-/m1/s1. The minimum absolute atomic E-state index is 0.0574. The van der Waals surface area contributed by atoms with Crippen molar-refractivity contribution in [3.63, 3.8) is 0 Å². The average molecular weight is 771 g/mol. The number of rotatable bonds is 21. The Hall–Kier alpha value is -3.39. The van der Waals surface area contributed by atoms with Gasteiger partial charge in [-0.2, -0.15) is 0 Å². The fourth-order valence-electron chi connectivity index (χ4n) is 7.91. The largest absolute Gasteiger partial charge is 0.379 e. The molecule has 3 rings (SSSR count). The van der Waals surface area contributed by atoms with Crippen molar-refractivity contribution in [2.45, 2.75) is 122 Å². The van der Waals surface area contributed by atoms with Gasteiger partial charge in [-0.25, -0.2) is 4.98 Å². The number of carbonyl (C=O) groups is 4. The van der Waals surface area contributed by atoms with E-state index in [1.807, 2.05) is 101 Å². The molecule has 0 aliphatic carbocycles. The third-order valence-electron chi connectivity index (χ3n) is 10.8. The fourth-order valence-corrected chi connectivity index (χ4v) is 8.60. The zero-order chi connectivity index (χ0) is 40.1. The second-order valence-corrected chi connectivity index (χ2v) is 16.5. The number of amides is 4. The second-order valence-electron chi connectivity index (χ2n) is 15.6. The van der Waals surface area contributed by atoms with Crippen LogP contribution in [0.2, 0.25) is 0 Å². The molecule has 2 heterocycles. The molecule has 0 radical (unpaired) electrons. The van der Waals surface area contributed by atoms with Gasteiger partial charge in [0.2, 0.25) is 23.6 Å². The number of benzene rings is 1. The van der Waals surface area contributed by atoms with Gasteiger partial charge in [0.15, 0.2) is 0 Å². The monoisotopic (exact) mass is 770 g/mol. The summed E-state index contributed by atoms with van der Waals surface area (Å²) in [5, 5.41) is 9.00. The van der Waals surface area contributed by atoms with E-state index >= 15 is 0 Å². The van der Waals surface area contributed by atoms with E-state index in [-0.39, 0.29) is 60.0 Å². The maximum atomic E-state index is 14.2. The summed E-state index contributed by atoms with van der Waals surface area (Å²) in [6.07, 6.45) is 4.16. The molecule has 0 spiro atoms. The van der Waals surface area contributed by atoms with Crippen LogP contribution in [0.1, 0.15) is 90.3 Å². The van der Waals surface area contributed by atoms with Gasteiger partial charge in [0.05, 0.1) is 48.7 Å². The van der Waals surface area contributed by atoms with Crippen molar-refractivity contribution in [1.82, 2.24) is 30.3 Å². The highest BCUT2D eigenvalue weighted by Crippen LogP contribution is 2.30. The lowest BCUT2D eigenvalue weighted by atomic mass is 9.93. The molecule has 12 nitrogen and oxygen atoms in total. The fraction of sp³-hybridized carbons (Fsp3) is 0.683. The smallest absolute Gasteiger partial charge is 0.245 e. The first-order chi connectivity index (χ1) is 25.7. The number of methoxy groups -OCH3 is 2. The molecule has 0 saturated carbocycles. The lowest BCUT2D eigenvalue weighted by molar-refractivity contribution is -0.146. The number of aromatic nitrogens is 1. The van der Waals surface area contributed by atoms with Crippen molar-refractivity contribution in [1.29, 1.82) is 0 Å². The van der Waals surface area contributed by atoms with Crippen molar-refractivity contribution in [2.75, 3.05) is 41.9 Å². The highest BCUT2D eigenvalue weighted by atomic mass is 32.1. The number of hydrogen-bond donors (Lipinski definition) is 2. The molecule has 302 valence electrons. The van der Waals surface area contributed by atoms with Gasteiger partial charge in [0, 0.05) is 39.4 Å². The van der Waals surface area contributed by atoms with Gasteiger partial charge in [-0.15, -0.1) is 11.3 Å². The van der Waals surface area contributed by atoms with Crippen LogP contribution in [0.4, 0.5) is 0 Å². The summed E-state index contributed by atoms with van der Waals surface area (Å²) >= 11 is 1.51. The Balaban J connectivity index is 1.76. The van der Waals surface area contributed by atoms with Crippen LogP contribution >= 0.6 is 11.3 Å². The molecule has 0 unspecified atom stereocenters. The third kappa shape index (κ3) is 11.8. The SMILES string of the molecule is CCC[C@@H]([C@@H](CC(=O)N1CCC[C@H]1[C@H](OC)[C@@H](C)C(=O)N[C@@H](Cc1ccccc1)c1nccs1)OC)N(C)C(=O)[C@@H](NC(=O)[C@H](C(C)C)N(C)C)C(C)C. The summed E-state index contributed by atoms with van der Waals surface area (Å²) in [6.45, 7) is 12.3. The molecule has 2 N–H and O–H groups in total. The van der Waals surface area contributed by atoms with Crippen molar-refractivity contribution < 1.29 is 28.7 Å². The number of likely N-dealkylation sites (N-methyl/N-ethyl adjacent to an activating group) is 2. The summed E-state index contributed by atoms with van der Waals surface area (Å²) in [6, 6.07) is 7.89. The molecule has 4 amide bonds. The Labute approximate surface area is 327 Å². The van der Waals surface area contributed by atoms with Crippen LogP contribution in [0.3, 0.4) is 0 Å². The molecule has 1 fully saturated rings. The van der Waals surface area contributed by atoms with E-state index in [0.717, 1.165) is 23.4 Å². The summed E-state index contributed by atoms with van der Waals surface area (Å²) in [5.74, 6) is -1.32. The van der Waals surface area contributed by atoms with Crippen molar-refractivity contribution >= 4 is 35.0 Å². The lowest BCUT2D eigenvalue weighted by Crippen LogP contribution is -2.58. The minimum atomic E-state index is -0.739. The molecule has 54 heavy (non-hydrogen) atoms. The van der Waals surface area contributed by atoms with Crippen LogP contribution in [0.25, 0.3) is 0 Å². The van der Waals surface area contributed by atoms with E-state index in [1.54, 1.807) is 32.4 Å². The number of nitrogens with one attached hydrogen (secondary N) is 2. The van der Waals surface area contributed by atoms with Crippen molar-refractivity contribution in [3.05, 3.63) is 52.5 Å². The van der Waals surface area contributed by atoms with Gasteiger partial charge in [0.1, 0.15) is 11.0 Å². The Morgan fingerprint density at radius 1 is 0.963 bits per heavy atom. The maximum Gasteiger partial charge on any atom is 0.245 e. The van der Waals surface area contributed by atoms with Crippen LogP contribution in [-0.2, 0) is 35.1 Å². The van der Waals surface area contributed by atoms with Gasteiger partial charge in [-0.3, -0.25) is 24.1 Å². The first-order valence-corrected chi connectivity index (χ1v) is 20.4. The molecule has 1 aromatic heterocycles. The quantitative estimate of drug-likeness (QED) is 0.183. The third-order valence-corrected chi connectivity index (χ3v) is 11.6. The van der Waals surface area contributed by atoms with E-state index in [4.69, 9.17) is 9.47 Å². The van der Waals surface area contributed by atoms with Crippen molar-refractivity contribution in [2.24, 2.45) is 17.8 Å². The van der Waals surface area contributed by atoms with Gasteiger partial charge >= 0.3 is 0 Å². The van der Waals surface area contributed by atoms with Crippen LogP contribution in [0.5, 0.6) is 0 Å². The topological polar surface area (TPSA) is 133 Å². The average Bonchev–Trinajstić information content (AvgIpc) is 3.85. The van der Waals surface area contributed by atoms with Crippen LogP contribution in [0, 0.1) is 17.8 Å². The number of likely N-dealkylation sites (tertiary alicyclic amines) is 1. The van der Waals surface area contributed by atoms with Crippen molar-refractivity contribution in [3.8, 4) is 0 Å². The second kappa shape index (κ2) is 21.6. The molecule has 2 aromatic rings.